The van der Waals surface area contributed by atoms with E-state index in [4.69, 9.17) is 0 Å². The second-order valence-electron chi connectivity index (χ2n) is 4.22. The molecule has 0 unspecified atom stereocenters. The van der Waals surface area contributed by atoms with Crippen LogP contribution in [0.3, 0.4) is 0 Å². The van der Waals surface area contributed by atoms with Gasteiger partial charge in [0.15, 0.2) is 0 Å². The quantitative estimate of drug-likeness (QED) is 0.797. The van der Waals surface area contributed by atoms with E-state index in [1.807, 2.05) is 25.1 Å². The van der Waals surface area contributed by atoms with Gasteiger partial charge in [0.1, 0.15) is 0 Å². The summed E-state index contributed by atoms with van der Waals surface area (Å²) in [5.74, 6) is 0.752. The Kier molecular flexibility index (Phi) is 4.49. The van der Waals surface area contributed by atoms with E-state index in [9.17, 15) is 4.79 Å². The first-order valence-electron chi connectivity index (χ1n) is 6.16. The Hall–Kier alpha value is -1.20. The van der Waals surface area contributed by atoms with Crippen LogP contribution >= 0.6 is 11.8 Å². The molecule has 0 saturated carbocycles. The first kappa shape index (κ1) is 13.2. The van der Waals surface area contributed by atoms with E-state index < -0.39 is 0 Å². The molecule has 4 nitrogen and oxygen atoms in total. The number of nitrogens with one attached hydrogen (secondary N) is 2. The molecule has 98 valence electrons. The largest absolute Gasteiger partial charge is 0.388 e. The molecule has 1 aliphatic rings. The van der Waals surface area contributed by atoms with Crippen LogP contribution in [0.4, 0.5) is 11.4 Å². The fourth-order valence-electron chi connectivity index (χ4n) is 2.02. The van der Waals surface area contributed by atoms with E-state index in [0.717, 1.165) is 30.9 Å². The van der Waals surface area contributed by atoms with Crippen LogP contribution in [0.2, 0.25) is 0 Å². The van der Waals surface area contributed by atoms with Crippen molar-refractivity contribution in [3.05, 3.63) is 18.2 Å². The summed E-state index contributed by atoms with van der Waals surface area (Å²) in [6.07, 6.45) is 0.968. The maximum absolute atomic E-state index is 12.0. The molecule has 2 rings (SSSR count). The number of fused-ring (bicyclic) bond motifs is 1. The summed E-state index contributed by atoms with van der Waals surface area (Å²) in [5, 5.41) is 6.23. The molecule has 1 amide bonds. The Morgan fingerprint density at radius 1 is 1.39 bits per heavy atom. The minimum Gasteiger partial charge on any atom is -0.388 e. The van der Waals surface area contributed by atoms with Crippen molar-refractivity contribution in [1.82, 2.24) is 5.32 Å². The van der Waals surface area contributed by atoms with Gasteiger partial charge in [0.25, 0.3) is 0 Å². The Balaban J connectivity index is 2.21. The molecule has 18 heavy (non-hydrogen) atoms. The lowest BCUT2D eigenvalue weighted by atomic mass is 10.2. The van der Waals surface area contributed by atoms with Gasteiger partial charge in [0.2, 0.25) is 5.91 Å². The maximum atomic E-state index is 12.0. The van der Waals surface area contributed by atoms with Gasteiger partial charge in [-0.25, -0.2) is 0 Å². The molecule has 0 atom stereocenters. The molecule has 0 spiro atoms. The summed E-state index contributed by atoms with van der Waals surface area (Å²) in [6, 6.07) is 6.19. The number of hydrogen-bond acceptors (Lipinski definition) is 4. The highest BCUT2D eigenvalue weighted by atomic mass is 32.2. The minimum absolute atomic E-state index is 0.205. The van der Waals surface area contributed by atoms with Crippen molar-refractivity contribution in [2.75, 3.05) is 43.2 Å². The molecule has 0 aromatic heterocycles. The van der Waals surface area contributed by atoms with Gasteiger partial charge in [-0.1, -0.05) is 0 Å². The lowest BCUT2D eigenvalue weighted by molar-refractivity contribution is -0.116. The molecule has 0 aliphatic carbocycles. The van der Waals surface area contributed by atoms with Crippen LogP contribution in [-0.2, 0) is 4.79 Å². The first-order valence-corrected chi connectivity index (χ1v) is 7.14. The third kappa shape index (κ3) is 2.79. The second-order valence-corrected chi connectivity index (χ2v) is 5.24. The summed E-state index contributed by atoms with van der Waals surface area (Å²) < 4.78 is 0. The number of thioether (sulfide) groups is 1. The molecule has 0 saturated heterocycles. The average Bonchev–Trinajstić information content (AvgIpc) is 2.41. The van der Waals surface area contributed by atoms with Crippen molar-refractivity contribution in [3.63, 3.8) is 0 Å². The number of anilines is 2. The summed E-state index contributed by atoms with van der Waals surface area (Å²) >= 11 is 1.62. The fraction of sp³-hybridized carbons (Fsp3) is 0.462. The van der Waals surface area contributed by atoms with E-state index >= 15 is 0 Å². The van der Waals surface area contributed by atoms with Gasteiger partial charge < -0.3 is 15.5 Å². The number of benzene rings is 1. The predicted molar refractivity (Wildman–Crippen MR) is 77.6 cm³/mol. The molecule has 2 N–H and O–H groups in total. The third-order valence-electron chi connectivity index (χ3n) is 3.00. The lowest BCUT2D eigenvalue weighted by Gasteiger charge is -2.29. The van der Waals surface area contributed by atoms with Crippen LogP contribution in [0.1, 0.15) is 6.42 Å². The van der Waals surface area contributed by atoms with Crippen LogP contribution in [0.5, 0.6) is 0 Å². The summed E-state index contributed by atoms with van der Waals surface area (Å²) in [7, 11) is 3.83. The van der Waals surface area contributed by atoms with Crippen LogP contribution < -0.4 is 15.5 Å². The highest BCUT2D eigenvalue weighted by Gasteiger charge is 2.24. The van der Waals surface area contributed by atoms with Gasteiger partial charge in [-0.2, -0.15) is 0 Å². The van der Waals surface area contributed by atoms with E-state index in [1.165, 1.54) is 4.90 Å². The molecule has 1 aliphatic heterocycles. The second kappa shape index (κ2) is 6.11. The molecule has 0 fully saturated rings. The van der Waals surface area contributed by atoms with Gasteiger partial charge in [-0.15, -0.1) is 11.8 Å². The van der Waals surface area contributed by atoms with Crippen molar-refractivity contribution in [3.8, 4) is 0 Å². The molecule has 1 aromatic carbocycles. The Morgan fingerprint density at radius 2 is 2.22 bits per heavy atom. The molecule has 1 aromatic rings. The molecule has 0 radical (unpaired) electrons. The van der Waals surface area contributed by atoms with Gasteiger partial charge in [-0.3, -0.25) is 4.79 Å². The van der Waals surface area contributed by atoms with Crippen LogP contribution in [0.25, 0.3) is 0 Å². The zero-order valence-electron chi connectivity index (χ0n) is 10.8. The normalized spacial score (nSPS) is 14.6. The van der Waals surface area contributed by atoms with E-state index in [2.05, 4.69) is 22.8 Å². The van der Waals surface area contributed by atoms with Crippen molar-refractivity contribution in [1.29, 1.82) is 0 Å². The van der Waals surface area contributed by atoms with E-state index in [-0.39, 0.29) is 5.91 Å². The average molecular weight is 265 g/mol. The highest BCUT2D eigenvalue weighted by molar-refractivity contribution is 8.00. The number of rotatable bonds is 5. The van der Waals surface area contributed by atoms with Gasteiger partial charge >= 0.3 is 0 Å². The summed E-state index contributed by atoms with van der Waals surface area (Å²) in [5.41, 5.74) is 2.09. The number of carbonyl (C=O) groups is 1. The van der Waals surface area contributed by atoms with Crippen molar-refractivity contribution in [2.24, 2.45) is 0 Å². The number of amides is 1. The van der Waals surface area contributed by atoms with Gasteiger partial charge in [0, 0.05) is 24.2 Å². The summed E-state index contributed by atoms with van der Waals surface area (Å²) in [6.45, 7) is 1.71. The minimum atomic E-state index is 0.205. The predicted octanol–water partition coefficient (Wildman–Crippen LogP) is 1.78. The Morgan fingerprint density at radius 3 is 2.94 bits per heavy atom. The first-order chi connectivity index (χ1) is 8.76. The molecular weight excluding hydrogens is 246 g/mol. The topological polar surface area (TPSA) is 44.4 Å². The molecule has 5 heteroatoms. The van der Waals surface area contributed by atoms with E-state index in [1.54, 1.807) is 11.8 Å². The number of nitrogens with zero attached hydrogens (tertiary/aromatic N) is 1. The third-order valence-corrected chi connectivity index (χ3v) is 4.05. The SMILES string of the molecule is CNCCCN1C(=O)CSc2ccc(NC)cc21. The molecule has 0 bridgehead atoms. The highest BCUT2D eigenvalue weighted by Crippen LogP contribution is 2.37. The smallest absolute Gasteiger partial charge is 0.237 e. The van der Waals surface area contributed by atoms with Crippen LogP contribution in [0, 0.1) is 0 Å². The fourth-order valence-corrected chi connectivity index (χ4v) is 2.93. The zero-order valence-corrected chi connectivity index (χ0v) is 11.6. The van der Waals surface area contributed by atoms with Crippen LogP contribution in [-0.4, -0.2) is 38.8 Å². The lowest BCUT2D eigenvalue weighted by Crippen LogP contribution is -2.37. The molecule has 1 heterocycles. The monoisotopic (exact) mass is 265 g/mol. The Bertz CT molecular complexity index is 436. The Labute approximate surface area is 112 Å². The summed E-state index contributed by atoms with van der Waals surface area (Å²) in [4.78, 5) is 15.1. The van der Waals surface area contributed by atoms with E-state index in [0.29, 0.717) is 5.75 Å². The van der Waals surface area contributed by atoms with Gasteiger partial charge in [-0.05, 0) is 38.2 Å². The molecular formula is C13H19N3OS. The standard InChI is InChI=1S/C13H19N3OS/c1-14-6-3-7-16-11-8-10(15-2)4-5-12(11)18-9-13(16)17/h4-5,8,14-15H,3,6-7,9H2,1-2H3. The van der Waals surface area contributed by atoms with Gasteiger partial charge in [0.05, 0.1) is 11.4 Å². The van der Waals surface area contributed by atoms with Crippen LogP contribution in [0.15, 0.2) is 23.1 Å². The zero-order chi connectivity index (χ0) is 13.0. The number of hydrogen-bond donors (Lipinski definition) is 2. The van der Waals surface area contributed by atoms with Crippen molar-refractivity contribution in [2.45, 2.75) is 11.3 Å². The number of carbonyl (C=O) groups excluding carboxylic acids is 1. The van der Waals surface area contributed by atoms with Crippen molar-refractivity contribution < 1.29 is 4.79 Å². The maximum Gasteiger partial charge on any atom is 0.237 e. The van der Waals surface area contributed by atoms with Crippen molar-refractivity contribution >= 4 is 29.0 Å².